The minimum atomic E-state index is -0.212. The van der Waals surface area contributed by atoms with Crippen molar-refractivity contribution < 1.29 is 9.53 Å². The molecular formula is C16H20N6O3. The van der Waals surface area contributed by atoms with Crippen LogP contribution in [0.5, 0.6) is 6.01 Å². The van der Waals surface area contributed by atoms with Crippen LogP contribution in [0.3, 0.4) is 0 Å². The molecule has 1 atom stereocenters. The Kier molecular flexibility index (Phi) is 4.92. The molecule has 2 aromatic heterocycles. The van der Waals surface area contributed by atoms with E-state index in [1.807, 2.05) is 0 Å². The van der Waals surface area contributed by atoms with Crippen LogP contribution in [0, 0.1) is 5.92 Å². The maximum Gasteiger partial charge on any atom is 0.316 e. The van der Waals surface area contributed by atoms with Gasteiger partial charge < -0.3 is 15.0 Å². The third kappa shape index (κ3) is 3.93. The van der Waals surface area contributed by atoms with Crippen molar-refractivity contribution in [3.63, 3.8) is 0 Å². The second-order valence-corrected chi connectivity index (χ2v) is 5.94. The van der Waals surface area contributed by atoms with E-state index in [4.69, 9.17) is 4.74 Å². The Balaban J connectivity index is 1.53. The second-order valence-electron chi connectivity index (χ2n) is 5.94. The fourth-order valence-electron chi connectivity index (χ4n) is 2.74. The average Bonchev–Trinajstić information content (AvgIpc) is 3.11. The molecule has 132 valence electrons. The minimum absolute atomic E-state index is 0.131. The molecule has 0 saturated carbocycles. The van der Waals surface area contributed by atoms with Gasteiger partial charge in [-0.15, -0.1) is 0 Å². The van der Waals surface area contributed by atoms with Crippen molar-refractivity contribution in [2.45, 2.75) is 6.42 Å². The maximum atomic E-state index is 12.1. The molecule has 0 aliphatic carbocycles. The lowest BCUT2D eigenvalue weighted by Crippen LogP contribution is -2.31. The van der Waals surface area contributed by atoms with Crippen molar-refractivity contribution in [1.82, 2.24) is 25.1 Å². The first-order valence-electron chi connectivity index (χ1n) is 7.99. The predicted molar refractivity (Wildman–Crippen MR) is 90.7 cm³/mol. The summed E-state index contributed by atoms with van der Waals surface area (Å²) in [6, 6.07) is 1.81. The van der Waals surface area contributed by atoms with Crippen molar-refractivity contribution in [3.05, 3.63) is 40.6 Å². The molecule has 9 heteroatoms. The molecule has 1 saturated heterocycles. The molecule has 0 spiro atoms. The molecule has 0 aromatic carbocycles. The summed E-state index contributed by atoms with van der Waals surface area (Å²) in [7, 11) is 3.09. The zero-order valence-corrected chi connectivity index (χ0v) is 14.2. The second kappa shape index (κ2) is 7.29. The number of nitrogens with zero attached hydrogens (tertiary/aromatic N) is 5. The lowest BCUT2D eigenvalue weighted by molar-refractivity contribution is 0.0947. The number of carbonyl (C=O) groups is 1. The monoisotopic (exact) mass is 344 g/mol. The van der Waals surface area contributed by atoms with Crippen LogP contribution in [0.4, 0.5) is 5.69 Å². The molecule has 1 N–H and O–H groups in total. The summed E-state index contributed by atoms with van der Waals surface area (Å²) in [4.78, 5) is 33.8. The van der Waals surface area contributed by atoms with Crippen molar-refractivity contribution in [2.24, 2.45) is 13.0 Å². The molecule has 0 radical (unpaired) electrons. The van der Waals surface area contributed by atoms with Crippen LogP contribution in [0.1, 0.15) is 16.8 Å². The van der Waals surface area contributed by atoms with Gasteiger partial charge in [-0.3, -0.25) is 9.59 Å². The van der Waals surface area contributed by atoms with Crippen LogP contribution >= 0.6 is 0 Å². The highest BCUT2D eigenvalue weighted by molar-refractivity contribution is 5.93. The maximum absolute atomic E-state index is 12.1. The van der Waals surface area contributed by atoms with E-state index in [0.717, 1.165) is 25.2 Å². The normalized spacial score (nSPS) is 16.7. The fourth-order valence-corrected chi connectivity index (χ4v) is 2.74. The molecule has 3 rings (SSSR count). The average molecular weight is 344 g/mol. The SMILES string of the molecule is COc1ncc(C(=O)NCC2CCN(c3cnn(C)c(=O)c3)C2)cn1. The molecule has 0 bridgehead atoms. The van der Waals surface area contributed by atoms with Gasteiger partial charge in [0.2, 0.25) is 0 Å². The fraction of sp³-hybridized carbons (Fsp3) is 0.438. The van der Waals surface area contributed by atoms with Crippen molar-refractivity contribution >= 4 is 11.6 Å². The summed E-state index contributed by atoms with van der Waals surface area (Å²) in [5.74, 6) is 0.100. The minimum Gasteiger partial charge on any atom is -0.467 e. The van der Waals surface area contributed by atoms with Crippen LogP contribution in [0.15, 0.2) is 29.5 Å². The highest BCUT2D eigenvalue weighted by Gasteiger charge is 2.24. The number of methoxy groups -OCH3 is 1. The number of hydrogen-bond acceptors (Lipinski definition) is 7. The van der Waals surface area contributed by atoms with E-state index in [-0.39, 0.29) is 17.5 Å². The zero-order valence-electron chi connectivity index (χ0n) is 14.2. The van der Waals surface area contributed by atoms with Crippen molar-refractivity contribution in [1.29, 1.82) is 0 Å². The first-order chi connectivity index (χ1) is 12.1. The summed E-state index contributed by atoms with van der Waals surface area (Å²) >= 11 is 0. The number of aromatic nitrogens is 4. The molecule has 1 aliphatic heterocycles. The Morgan fingerprint density at radius 3 is 2.80 bits per heavy atom. The zero-order chi connectivity index (χ0) is 17.8. The van der Waals surface area contributed by atoms with E-state index in [1.54, 1.807) is 19.3 Å². The van der Waals surface area contributed by atoms with E-state index >= 15 is 0 Å². The van der Waals surface area contributed by atoms with Crippen LogP contribution in [0.2, 0.25) is 0 Å². The number of carbonyl (C=O) groups excluding carboxylic acids is 1. The number of ether oxygens (including phenoxy) is 1. The van der Waals surface area contributed by atoms with E-state index in [2.05, 4.69) is 25.3 Å². The topological polar surface area (TPSA) is 102 Å². The van der Waals surface area contributed by atoms with Crippen LogP contribution in [-0.2, 0) is 7.05 Å². The van der Waals surface area contributed by atoms with Gasteiger partial charge in [-0.05, 0) is 12.3 Å². The molecule has 1 amide bonds. The number of aryl methyl sites for hydroxylation is 1. The molecule has 1 unspecified atom stereocenters. The van der Waals surface area contributed by atoms with Gasteiger partial charge in [-0.2, -0.15) is 5.10 Å². The van der Waals surface area contributed by atoms with E-state index in [0.29, 0.717) is 18.0 Å². The van der Waals surface area contributed by atoms with E-state index in [9.17, 15) is 9.59 Å². The van der Waals surface area contributed by atoms with Gasteiger partial charge in [-0.1, -0.05) is 0 Å². The van der Waals surface area contributed by atoms with E-state index in [1.165, 1.54) is 24.2 Å². The first-order valence-corrected chi connectivity index (χ1v) is 7.99. The highest BCUT2D eigenvalue weighted by Crippen LogP contribution is 2.21. The van der Waals surface area contributed by atoms with Crippen LogP contribution < -0.4 is 20.5 Å². The Bertz CT molecular complexity index is 804. The number of nitrogens with one attached hydrogen (secondary N) is 1. The van der Waals surface area contributed by atoms with Gasteiger partial charge >= 0.3 is 6.01 Å². The van der Waals surface area contributed by atoms with Crippen LogP contribution in [-0.4, -0.2) is 52.4 Å². The quantitative estimate of drug-likeness (QED) is 0.804. The highest BCUT2D eigenvalue weighted by atomic mass is 16.5. The lowest BCUT2D eigenvalue weighted by atomic mass is 10.1. The number of rotatable bonds is 5. The van der Waals surface area contributed by atoms with Crippen molar-refractivity contribution in [2.75, 3.05) is 31.6 Å². The summed E-state index contributed by atoms with van der Waals surface area (Å²) in [6.45, 7) is 2.16. The molecule has 9 nitrogen and oxygen atoms in total. The molecule has 2 aromatic rings. The predicted octanol–water partition coefficient (Wildman–Crippen LogP) is -0.165. The first kappa shape index (κ1) is 16.9. The third-order valence-corrected chi connectivity index (χ3v) is 4.23. The van der Waals surface area contributed by atoms with E-state index < -0.39 is 0 Å². The smallest absolute Gasteiger partial charge is 0.316 e. The Labute approximate surface area is 144 Å². The van der Waals surface area contributed by atoms with Crippen LogP contribution in [0.25, 0.3) is 0 Å². The molecule has 1 aliphatic rings. The van der Waals surface area contributed by atoms with Gasteiger partial charge in [0.1, 0.15) is 0 Å². The van der Waals surface area contributed by atoms with Gasteiger partial charge in [0, 0.05) is 45.1 Å². The largest absolute Gasteiger partial charge is 0.467 e. The molecule has 3 heterocycles. The summed E-state index contributed by atoms with van der Waals surface area (Å²) in [5, 5.41) is 6.95. The Morgan fingerprint density at radius 1 is 1.36 bits per heavy atom. The number of hydrogen-bond donors (Lipinski definition) is 1. The molecule has 1 fully saturated rings. The standard InChI is InChI=1S/C16H20N6O3/c1-21-14(23)5-13(9-20-21)22-4-3-11(10-22)6-17-15(24)12-7-18-16(25-2)19-8-12/h5,7-9,11H,3-4,6,10H2,1-2H3,(H,17,24). The van der Waals surface area contributed by atoms with Gasteiger partial charge in [-0.25, -0.2) is 14.6 Å². The van der Waals surface area contributed by atoms with Gasteiger partial charge in [0.05, 0.1) is 24.6 Å². The lowest BCUT2D eigenvalue weighted by Gasteiger charge is -2.18. The summed E-state index contributed by atoms with van der Waals surface area (Å²) < 4.78 is 6.17. The summed E-state index contributed by atoms with van der Waals surface area (Å²) in [6.07, 6.45) is 5.51. The third-order valence-electron chi connectivity index (χ3n) is 4.23. The Hall–Kier alpha value is -2.97. The molecule has 25 heavy (non-hydrogen) atoms. The summed E-state index contributed by atoms with van der Waals surface area (Å²) in [5.41, 5.74) is 1.08. The number of anilines is 1. The Morgan fingerprint density at radius 2 is 2.12 bits per heavy atom. The molecular weight excluding hydrogens is 324 g/mol. The van der Waals surface area contributed by atoms with Crippen molar-refractivity contribution in [3.8, 4) is 6.01 Å². The van der Waals surface area contributed by atoms with Gasteiger partial charge in [0.25, 0.3) is 11.5 Å². The number of amides is 1. The van der Waals surface area contributed by atoms with Gasteiger partial charge in [0.15, 0.2) is 0 Å².